The zero-order chi connectivity index (χ0) is 18.5. The highest BCUT2D eigenvalue weighted by molar-refractivity contribution is 5.91. The van der Waals surface area contributed by atoms with E-state index in [1.165, 1.54) is 18.4 Å². The second kappa shape index (κ2) is 8.21. The van der Waals surface area contributed by atoms with Crippen LogP contribution in [0.2, 0.25) is 0 Å². The van der Waals surface area contributed by atoms with E-state index in [1.807, 2.05) is 31.2 Å². The van der Waals surface area contributed by atoms with Crippen LogP contribution in [-0.4, -0.2) is 30.6 Å². The van der Waals surface area contributed by atoms with Crippen molar-refractivity contribution < 1.29 is 9.53 Å². The average molecular weight is 353 g/mol. The molecule has 1 saturated heterocycles. The molecule has 1 aromatic heterocycles. The number of nitrogens with one attached hydrogen (secondary N) is 1. The molecule has 138 valence electrons. The van der Waals surface area contributed by atoms with Crippen LogP contribution in [0.3, 0.4) is 0 Å². The van der Waals surface area contributed by atoms with Crippen LogP contribution in [-0.2, 0) is 4.79 Å². The standard InChI is InChI=1S/C21H27N3O2/c1-15(2)17-7-6-16(3)19(12-17)26-14-21(25)23-18-8-9-20(22-13-18)24-10-4-5-11-24/h6-9,12-13,15H,4-5,10-11,14H2,1-3H3,(H,23,25). The van der Waals surface area contributed by atoms with Gasteiger partial charge in [-0.3, -0.25) is 4.79 Å². The van der Waals surface area contributed by atoms with Crippen molar-refractivity contribution in [3.05, 3.63) is 47.7 Å². The van der Waals surface area contributed by atoms with E-state index >= 15 is 0 Å². The molecule has 0 unspecified atom stereocenters. The van der Waals surface area contributed by atoms with Crippen molar-refractivity contribution in [1.29, 1.82) is 0 Å². The van der Waals surface area contributed by atoms with Crippen LogP contribution in [0.25, 0.3) is 0 Å². The van der Waals surface area contributed by atoms with Gasteiger partial charge in [-0.2, -0.15) is 0 Å². The Labute approximate surface area is 155 Å². The molecule has 0 radical (unpaired) electrons. The summed E-state index contributed by atoms with van der Waals surface area (Å²) >= 11 is 0. The molecule has 1 aromatic carbocycles. The lowest BCUT2D eigenvalue weighted by atomic mass is 10.0. The predicted octanol–water partition coefficient (Wildman–Crippen LogP) is 4.13. The lowest BCUT2D eigenvalue weighted by molar-refractivity contribution is -0.118. The van der Waals surface area contributed by atoms with Crippen molar-refractivity contribution in [2.75, 3.05) is 29.9 Å². The number of carbonyl (C=O) groups is 1. The summed E-state index contributed by atoms with van der Waals surface area (Å²) in [7, 11) is 0. The van der Waals surface area contributed by atoms with Gasteiger partial charge in [0.05, 0.1) is 11.9 Å². The number of ether oxygens (including phenoxy) is 1. The zero-order valence-corrected chi connectivity index (χ0v) is 15.8. The van der Waals surface area contributed by atoms with Gasteiger partial charge in [-0.25, -0.2) is 4.98 Å². The zero-order valence-electron chi connectivity index (χ0n) is 15.8. The van der Waals surface area contributed by atoms with Crippen LogP contribution in [0.15, 0.2) is 36.5 Å². The van der Waals surface area contributed by atoms with Crippen molar-refractivity contribution in [2.45, 2.75) is 39.5 Å². The molecule has 0 bridgehead atoms. The Hall–Kier alpha value is -2.56. The van der Waals surface area contributed by atoms with Gasteiger partial charge in [0.1, 0.15) is 11.6 Å². The van der Waals surface area contributed by atoms with Gasteiger partial charge in [0.25, 0.3) is 5.91 Å². The van der Waals surface area contributed by atoms with E-state index in [1.54, 1.807) is 6.20 Å². The number of pyridine rings is 1. The number of amides is 1. The number of anilines is 2. The molecule has 0 saturated carbocycles. The lowest BCUT2D eigenvalue weighted by Gasteiger charge is -2.16. The van der Waals surface area contributed by atoms with Gasteiger partial charge < -0.3 is 15.0 Å². The minimum absolute atomic E-state index is 0.0176. The molecule has 5 heteroatoms. The minimum atomic E-state index is -0.185. The molecule has 26 heavy (non-hydrogen) atoms. The highest BCUT2D eigenvalue weighted by atomic mass is 16.5. The first-order chi connectivity index (χ1) is 12.5. The number of aryl methyl sites for hydroxylation is 1. The first-order valence-corrected chi connectivity index (χ1v) is 9.27. The molecule has 0 atom stereocenters. The van der Waals surface area contributed by atoms with Crippen LogP contribution < -0.4 is 15.0 Å². The Bertz CT molecular complexity index is 750. The van der Waals surface area contributed by atoms with E-state index in [9.17, 15) is 4.79 Å². The van der Waals surface area contributed by atoms with Gasteiger partial charge in [-0.15, -0.1) is 0 Å². The summed E-state index contributed by atoms with van der Waals surface area (Å²) in [5.41, 5.74) is 2.92. The van der Waals surface area contributed by atoms with E-state index in [4.69, 9.17) is 4.74 Å². The van der Waals surface area contributed by atoms with Crippen LogP contribution in [0.1, 0.15) is 43.7 Å². The molecule has 1 fully saturated rings. The third-order valence-corrected chi connectivity index (χ3v) is 4.70. The molecule has 2 heterocycles. The summed E-state index contributed by atoms with van der Waals surface area (Å²) in [6.45, 7) is 8.36. The number of benzene rings is 1. The second-order valence-electron chi connectivity index (χ2n) is 7.12. The summed E-state index contributed by atoms with van der Waals surface area (Å²) < 4.78 is 5.73. The number of rotatable bonds is 6. The Morgan fingerprint density at radius 1 is 1.23 bits per heavy atom. The molecule has 1 N–H and O–H groups in total. The SMILES string of the molecule is Cc1ccc(C(C)C)cc1OCC(=O)Nc1ccc(N2CCCC2)nc1. The number of hydrogen-bond acceptors (Lipinski definition) is 4. The van der Waals surface area contributed by atoms with Gasteiger partial charge in [0.2, 0.25) is 0 Å². The minimum Gasteiger partial charge on any atom is -0.483 e. The van der Waals surface area contributed by atoms with Crippen LogP contribution in [0, 0.1) is 6.92 Å². The van der Waals surface area contributed by atoms with Gasteiger partial charge in [-0.1, -0.05) is 26.0 Å². The first-order valence-electron chi connectivity index (χ1n) is 9.27. The summed E-state index contributed by atoms with van der Waals surface area (Å²) in [6, 6.07) is 9.99. The maximum Gasteiger partial charge on any atom is 0.262 e. The molecule has 3 rings (SSSR count). The second-order valence-corrected chi connectivity index (χ2v) is 7.12. The van der Waals surface area contributed by atoms with Gasteiger partial charge in [-0.05, 0) is 55.0 Å². The van der Waals surface area contributed by atoms with Crippen LogP contribution in [0.4, 0.5) is 11.5 Å². The third kappa shape index (κ3) is 4.54. The molecule has 1 amide bonds. The quantitative estimate of drug-likeness (QED) is 0.848. The summed E-state index contributed by atoms with van der Waals surface area (Å²) in [5.74, 6) is 1.97. The normalized spacial score (nSPS) is 13.9. The van der Waals surface area contributed by atoms with Crippen molar-refractivity contribution in [1.82, 2.24) is 4.98 Å². The topological polar surface area (TPSA) is 54.5 Å². The number of carbonyl (C=O) groups excluding carboxylic acids is 1. The van der Waals surface area contributed by atoms with Gasteiger partial charge >= 0.3 is 0 Å². The molecule has 0 spiro atoms. The third-order valence-electron chi connectivity index (χ3n) is 4.70. The van der Waals surface area contributed by atoms with Crippen molar-refractivity contribution >= 4 is 17.4 Å². The smallest absolute Gasteiger partial charge is 0.262 e. The lowest BCUT2D eigenvalue weighted by Crippen LogP contribution is -2.21. The van der Waals surface area contributed by atoms with E-state index in [0.717, 1.165) is 30.2 Å². The fraction of sp³-hybridized carbons (Fsp3) is 0.429. The first kappa shape index (κ1) is 18.2. The monoisotopic (exact) mass is 353 g/mol. The summed E-state index contributed by atoms with van der Waals surface area (Å²) in [5, 5.41) is 2.84. The maximum absolute atomic E-state index is 12.2. The number of hydrogen-bond donors (Lipinski definition) is 1. The van der Waals surface area contributed by atoms with E-state index in [2.05, 4.69) is 35.1 Å². The van der Waals surface area contributed by atoms with E-state index in [0.29, 0.717) is 11.6 Å². The number of aromatic nitrogens is 1. The van der Waals surface area contributed by atoms with Crippen molar-refractivity contribution in [2.24, 2.45) is 0 Å². The highest BCUT2D eigenvalue weighted by Gasteiger charge is 2.13. The van der Waals surface area contributed by atoms with Crippen molar-refractivity contribution in [3.8, 4) is 5.75 Å². The van der Waals surface area contributed by atoms with E-state index in [-0.39, 0.29) is 12.5 Å². The maximum atomic E-state index is 12.2. The van der Waals surface area contributed by atoms with Gasteiger partial charge in [0, 0.05) is 13.1 Å². The fourth-order valence-electron chi connectivity index (χ4n) is 3.06. The molecule has 2 aromatic rings. The average Bonchev–Trinajstić information content (AvgIpc) is 3.16. The predicted molar refractivity (Wildman–Crippen MR) is 105 cm³/mol. The Kier molecular flexibility index (Phi) is 5.76. The van der Waals surface area contributed by atoms with Crippen LogP contribution in [0.5, 0.6) is 5.75 Å². The molecule has 0 aliphatic carbocycles. The van der Waals surface area contributed by atoms with E-state index < -0.39 is 0 Å². The van der Waals surface area contributed by atoms with Crippen molar-refractivity contribution in [3.63, 3.8) is 0 Å². The largest absolute Gasteiger partial charge is 0.483 e. The molecule has 1 aliphatic rings. The summed E-state index contributed by atoms with van der Waals surface area (Å²) in [4.78, 5) is 18.9. The Morgan fingerprint density at radius 3 is 2.65 bits per heavy atom. The Balaban J connectivity index is 1.55. The van der Waals surface area contributed by atoms with Crippen LogP contribution >= 0.6 is 0 Å². The fourth-order valence-corrected chi connectivity index (χ4v) is 3.06. The molecule has 5 nitrogen and oxygen atoms in total. The molecular formula is C21H27N3O2. The molecule has 1 aliphatic heterocycles. The highest BCUT2D eigenvalue weighted by Crippen LogP contribution is 2.24. The summed E-state index contributed by atoms with van der Waals surface area (Å²) in [6.07, 6.45) is 4.14. The Morgan fingerprint density at radius 2 is 2.00 bits per heavy atom. The molecular weight excluding hydrogens is 326 g/mol. The number of nitrogens with zero attached hydrogens (tertiary/aromatic N) is 2. The van der Waals surface area contributed by atoms with Gasteiger partial charge in [0.15, 0.2) is 6.61 Å².